The highest BCUT2D eigenvalue weighted by molar-refractivity contribution is 9.09. The molecular formula is C11H10BrClN2O3. The highest BCUT2D eigenvalue weighted by atomic mass is 79.9. The van der Waals surface area contributed by atoms with Crippen LogP contribution >= 0.6 is 27.5 Å². The first-order chi connectivity index (χ1) is 8.47. The molecule has 0 atom stereocenters. The molecule has 2 rings (SSSR count). The molecular weight excluding hydrogens is 323 g/mol. The van der Waals surface area contributed by atoms with Crippen molar-refractivity contribution in [2.24, 2.45) is 0 Å². The SMILES string of the molecule is O=C(NC1(CBr)CC1)c1ccc(Cl)cc1[N+](=O)[O-]. The quantitative estimate of drug-likeness (QED) is 0.523. The molecule has 0 aliphatic heterocycles. The second-order valence-electron chi connectivity index (χ2n) is 4.29. The van der Waals surface area contributed by atoms with E-state index in [9.17, 15) is 14.9 Å². The summed E-state index contributed by atoms with van der Waals surface area (Å²) in [4.78, 5) is 22.3. The second-order valence-corrected chi connectivity index (χ2v) is 5.28. The number of halogens is 2. The van der Waals surface area contributed by atoms with E-state index >= 15 is 0 Å². The van der Waals surface area contributed by atoms with Crippen LogP contribution in [0.1, 0.15) is 23.2 Å². The van der Waals surface area contributed by atoms with Crippen molar-refractivity contribution in [3.8, 4) is 0 Å². The van der Waals surface area contributed by atoms with Gasteiger partial charge in [-0.15, -0.1) is 0 Å². The summed E-state index contributed by atoms with van der Waals surface area (Å²) in [5.74, 6) is -0.435. The van der Waals surface area contributed by atoms with Crippen molar-refractivity contribution in [2.45, 2.75) is 18.4 Å². The van der Waals surface area contributed by atoms with E-state index in [1.54, 1.807) is 0 Å². The molecule has 5 nitrogen and oxygen atoms in total. The van der Waals surface area contributed by atoms with Gasteiger partial charge in [-0.2, -0.15) is 0 Å². The molecule has 1 amide bonds. The van der Waals surface area contributed by atoms with Gasteiger partial charge >= 0.3 is 0 Å². The Morgan fingerprint density at radius 1 is 1.56 bits per heavy atom. The monoisotopic (exact) mass is 332 g/mol. The fourth-order valence-electron chi connectivity index (χ4n) is 1.60. The van der Waals surface area contributed by atoms with Gasteiger partial charge in [-0.05, 0) is 25.0 Å². The lowest BCUT2D eigenvalue weighted by atomic mass is 10.1. The third-order valence-electron chi connectivity index (χ3n) is 2.89. The molecule has 0 saturated heterocycles. The molecule has 0 aromatic heterocycles. The molecule has 1 aliphatic rings. The van der Waals surface area contributed by atoms with Crippen LogP contribution in [0.25, 0.3) is 0 Å². The summed E-state index contributed by atoms with van der Waals surface area (Å²) in [6.45, 7) is 0. The number of hydrogen-bond acceptors (Lipinski definition) is 3. The number of nitrogens with one attached hydrogen (secondary N) is 1. The number of alkyl halides is 1. The maximum atomic E-state index is 12.0. The number of carbonyl (C=O) groups excluding carboxylic acids is 1. The van der Waals surface area contributed by atoms with E-state index in [-0.39, 0.29) is 21.8 Å². The van der Waals surface area contributed by atoms with E-state index in [2.05, 4.69) is 21.2 Å². The van der Waals surface area contributed by atoms with E-state index in [0.29, 0.717) is 5.33 Å². The normalized spacial score (nSPS) is 16.1. The van der Waals surface area contributed by atoms with Gasteiger partial charge in [0, 0.05) is 16.4 Å². The summed E-state index contributed by atoms with van der Waals surface area (Å²) in [5.41, 5.74) is -0.480. The van der Waals surface area contributed by atoms with Crippen molar-refractivity contribution >= 4 is 39.1 Å². The molecule has 0 radical (unpaired) electrons. The van der Waals surface area contributed by atoms with E-state index in [0.717, 1.165) is 12.8 Å². The molecule has 1 aromatic carbocycles. The number of nitrogens with zero attached hydrogens (tertiary/aromatic N) is 1. The van der Waals surface area contributed by atoms with Crippen LogP contribution in [0, 0.1) is 10.1 Å². The van der Waals surface area contributed by atoms with E-state index in [1.165, 1.54) is 18.2 Å². The topological polar surface area (TPSA) is 72.2 Å². The minimum absolute atomic E-state index is 0.0385. The standard InChI is InChI=1S/C11H10BrClN2O3/c12-6-11(3-4-11)14-10(16)8-2-1-7(13)5-9(8)15(17)18/h1-2,5H,3-4,6H2,(H,14,16). The number of hydrogen-bond donors (Lipinski definition) is 1. The van der Waals surface area contributed by atoms with Gasteiger partial charge in [-0.25, -0.2) is 0 Å². The zero-order chi connectivity index (χ0) is 13.3. The Balaban J connectivity index is 2.27. The van der Waals surface area contributed by atoms with E-state index in [4.69, 9.17) is 11.6 Å². The molecule has 0 unspecified atom stereocenters. The highest BCUT2D eigenvalue weighted by Crippen LogP contribution is 2.37. The largest absolute Gasteiger partial charge is 0.346 e. The minimum atomic E-state index is -0.603. The molecule has 1 fully saturated rings. The van der Waals surface area contributed by atoms with Gasteiger partial charge in [0.15, 0.2) is 0 Å². The molecule has 0 heterocycles. The molecule has 0 spiro atoms. The third-order valence-corrected chi connectivity index (χ3v) is 4.20. The molecule has 1 aliphatic carbocycles. The summed E-state index contributed by atoms with van der Waals surface area (Å²) in [5, 5.41) is 14.6. The first kappa shape index (κ1) is 13.3. The van der Waals surface area contributed by atoms with Crippen molar-refractivity contribution in [3.63, 3.8) is 0 Å². The fraction of sp³-hybridized carbons (Fsp3) is 0.364. The first-order valence-corrected chi connectivity index (χ1v) is 6.80. The predicted octanol–water partition coefficient (Wildman–Crippen LogP) is 2.91. The van der Waals surface area contributed by atoms with Gasteiger partial charge in [0.05, 0.1) is 10.5 Å². The Kier molecular flexibility index (Phi) is 3.59. The maximum absolute atomic E-state index is 12.0. The summed E-state index contributed by atoms with van der Waals surface area (Å²) < 4.78 is 0. The lowest BCUT2D eigenvalue weighted by Gasteiger charge is -2.14. The average Bonchev–Trinajstić information content (AvgIpc) is 3.09. The van der Waals surface area contributed by atoms with Crippen LogP contribution in [-0.4, -0.2) is 21.7 Å². The number of carbonyl (C=O) groups is 1. The molecule has 18 heavy (non-hydrogen) atoms. The van der Waals surface area contributed by atoms with Crippen LogP contribution < -0.4 is 5.32 Å². The van der Waals surface area contributed by atoms with Crippen LogP contribution in [0.15, 0.2) is 18.2 Å². The lowest BCUT2D eigenvalue weighted by Crippen LogP contribution is -2.38. The lowest BCUT2D eigenvalue weighted by molar-refractivity contribution is -0.385. The first-order valence-electron chi connectivity index (χ1n) is 5.30. The minimum Gasteiger partial charge on any atom is -0.346 e. The van der Waals surface area contributed by atoms with Crippen LogP contribution in [0.4, 0.5) is 5.69 Å². The Morgan fingerprint density at radius 3 is 2.72 bits per heavy atom. The predicted molar refractivity (Wildman–Crippen MR) is 71.3 cm³/mol. The highest BCUT2D eigenvalue weighted by Gasteiger charge is 2.43. The summed E-state index contributed by atoms with van der Waals surface area (Å²) in [6.07, 6.45) is 1.76. The zero-order valence-electron chi connectivity index (χ0n) is 9.28. The number of nitro groups is 1. The summed E-state index contributed by atoms with van der Waals surface area (Å²) in [7, 11) is 0. The molecule has 96 valence electrons. The van der Waals surface area contributed by atoms with Crippen LogP contribution in [-0.2, 0) is 0 Å². The van der Waals surface area contributed by atoms with Crippen LogP contribution in [0.5, 0.6) is 0 Å². The van der Waals surface area contributed by atoms with Crippen LogP contribution in [0.2, 0.25) is 5.02 Å². The van der Waals surface area contributed by atoms with Gasteiger partial charge in [-0.3, -0.25) is 14.9 Å². The Morgan fingerprint density at radius 2 is 2.22 bits per heavy atom. The van der Waals surface area contributed by atoms with Crippen molar-refractivity contribution < 1.29 is 9.72 Å². The zero-order valence-corrected chi connectivity index (χ0v) is 11.6. The Bertz CT molecular complexity index is 517. The Labute approximate surface area is 117 Å². The molecule has 7 heteroatoms. The van der Waals surface area contributed by atoms with E-state index in [1.807, 2.05) is 0 Å². The number of rotatable bonds is 4. The molecule has 1 N–H and O–H groups in total. The average molecular weight is 334 g/mol. The Hall–Kier alpha value is -1.14. The van der Waals surface area contributed by atoms with E-state index < -0.39 is 10.8 Å². The fourth-order valence-corrected chi connectivity index (χ4v) is 2.47. The van der Waals surface area contributed by atoms with Gasteiger partial charge in [0.1, 0.15) is 5.56 Å². The van der Waals surface area contributed by atoms with Gasteiger partial charge in [0.25, 0.3) is 11.6 Å². The third kappa shape index (κ3) is 2.64. The second kappa shape index (κ2) is 4.85. The maximum Gasteiger partial charge on any atom is 0.283 e. The summed E-state index contributed by atoms with van der Waals surface area (Å²) in [6, 6.07) is 4.03. The van der Waals surface area contributed by atoms with Gasteiger partial charge < -0.3 is 5.32 Å². The van der Waals surface area contributed by atoms with Crippen molar-refractivity contribution in [2.75, 3.05) is 5.33 Å². The number of benzene rings is 1. The number of nitro benzene ring substituents is 1. The molecule has 1 aromatic rings. The van der Waals surface area contributed by atoms with Crippen molar-refractivity contribution in [1.82, 2.24) is 5.32 Å². The van der Waals surface area contributed by atoms with Gasteiger partial charge in [0.2, 0.25) is 0 Å². The van der Waals surface area contributed by atoms with Crippen molar-refractivity contribution in [3.05, 3.63) is 38.9 Å². The molecule has 0 bridgehead atoms. The van der Waals surface area contributed by atoms with Crippen LogP contribution in [0.3, 0.4) is 0 Å². The number of amides is 1. The smallest absolute Gasteiger partial charge is 0.283 e. The van der Waals surface area contributed by atoms with Crippen molar-refractivity contribution in [1.29, 1.82) is 0 Å². The summed E-state index contributed by atoms with van der Waals surface area (Å²) >= 11 is 9.02. The molecule has 1 saturated carbocycles. The van der Waals surface area contributed by atoms with Gasteiger partial charge in [-0.1, -0.05) is 27.5 Å².